The van der Waals surface area contributed by atoms with E-state index in [0.29, 0.717) is 13.0 Å². The number of benzene rings is 1. The van der Waals surface area contributed by atoms with Crippen LogP contribution in [-0.2, 0) is 11.2 Å². The molecule has 0 fully saturated rings. The molecule has 0 aliphatic carbocycles. The van der Waals surface area contributed by atoms with Crippen LogP contribution in [-0.4, -0.2) is 18.4 Å². The van der Waals surface area contributed by atoms with Gasteiger partial charge in [-0.3, -0.25) is 0 Å². The number of carbonyl (C=O) groups is 1. The third-order valence-corrected chi connectivity index (χ3v) is 2.40. The van der Waals surface area contributed by atoms with Crippen LogP contribution in [0.5, 0.6) is 5.75 Å². The number of ketones is 1. The number of rotatable bonds is 7. The van der Waals surface area contributed by atoms with Gasteiger partial charge >= 0.3 is 0 Å². The van der Waals surface area contributed by atoms with Gasteiger partial charge in [0.15, 0.2) is 0 Å². The van der Waals surface area contributed by atoms with Crippen molar-refractivity contribution >= 4 is 5.78 Å². The molecular formula is C14H21NO2. The highest BCUT2D eigenvalue weighted by Crippen LogP contribution is 2.14. The molecule has 1 unspecified atom stereocenters. The lowest BCUT2D eigenvalue weighted by Gasteiger charge is -2.09. The molecule has 0 spiro atoms. The zero-order chi connectivity index (χ0) is 12.7. The van der Waals surface area contributed by atoms with Crippen LogP contribution in [0.25, 0.3) is 0 Å². The standard InChI is InChI=1S/C14H21NO2/c1-11(15)9-13-6-3-7-14(10-13)17-8-4-5-12(2)16/h3,6-7,10-11H,4-5,8-9,15H2,1-2H3. The van der Waals surface area contributed by atoms with E-state index in [1.54, 1.807) is 6.92 Å². The molecule has 1 rings (SSSR count). The SMILES string of the molecule is CC(=O)CCCOc1cccc(CC(C)N)c1. The fourth-order valence-electron chi connectivity index (χ4n) is 1.65. The van der Waals surface area contributed by atoms with Gasteiger partial charge in [-0.05, 0) is 44.4 Å². The maximum atomic E-state index is 10.8. The summed E-state index contributed by atoms with van der Waals surface area (Å²) in [6, 6.07) is 8.11. The monoisotopic (exact) mass is 235 g/mol. The molecule has 0 aliphatic rings. The van der Waals surface area contributed by atoms with Crippen molar-refractivity contribution in [3.8, 4) is 5.75 Å². The molecule has 3 nitrogen and oxygen atoms in total. The van der Waals surface area contributed by atoms with Crippen LogP contribution in [0.15, 0.2) is 24.3 Å². The third kappa shape index (κ3) is 6.07. The van der Waals surface area contributed by atoms with E-state index in [-0.39, 0.29) is 11.8 Å². The molecule has 0 amide bonds. The van der Waals surface area contributed by atoms with Crippen LogP contribution in [0.1, 0.15) is 32.3 Å². The maximum Gasteiger partial charge on any atom is 0.129 e. The largest absolute Gasteiger partial charge is 0.494 e. The lowest BCUT2D eigenvalue weighted by Crippen LogP contribution is -2.17. The van der Waals surface area contributed by atoms with Gasteiger partial charge in [0.05, 0.1) is 6.61 Å². The van der Waals surface area contributed by atoms with Crippen molar-refractivity contribution < 1.29 is 9.53 Å². The van der Waals surface area contributed by atoms with E-state index in [1.807, 2.05) is 31.2 Å². The lowest BCUT2D eigenvalue weighted by molar-refractivity contribution is -0.117. The number of hydrogen-bond donors (Lipinski definition) is 1. The maximum absolute atomic E-state index is 10.8. The van der Waals surface area contributed by atoms with Crippen molar-refractivity contribution in [1.29, 1.82) is 0 Å². The van der Waals surface area contributed by atoms with Crippen LogP contribution in [0.4, 0.5) is 0 Å². The first-order valence-electron chi connectivity index (χ1n) is 6.04. The highest BCUT2D eigenvalue weighted by molar-refractivity contribution is 5.75. The zero-order valence-corrected chi connectivity index (χ0v) is 10.6. The Labute approximate surface area is 103 Å². The van der Waals surface area contributed by atoms with Crippen LogP contribution in [0.2, 0.25) is 0 Å². The third-order valence-electron chi connectivity index (χ3n) is 2.40. The number of nitrogens with two attached hydrogens (primary N) is 1. The second-order valence-electron chi connectivity index (χ2n) is 4.48. The van der Waals surface area contributed by atoms with Gasteiger partial charge in [-0.25, -0.2) is 0 Å². The van der Waals surface area contributed by atoms with Crippen molar-refractivity contribution in [3.05, 3.63) is 29.8 Å². The summed E-state index contributed by atoms with van der Waals surface area (Å²) in [7, 11) is 0. The van der Waals surface area contributed by atoms with E-state index in [1.165, 1.54) is 5.56 Å². The zero-order valence-electron chi connectivity index (χ0n) is 10.6. The van der Waals surface area contributed by atoms with E-state index in [9.17, 15) is 4.79 Å². The summed E-state index contributed by atoms with van der Waals surface area (Å²) < 4.78 is 5.59. The van der Waals surface area contributed by atoms with Crippen molar-refractivity contribution in [2.24, 2.45) is 5.73 Å². The predicted octanol–water partition coefficient (Wildman–Crippen LogP) is 2.32. The van der Waals surface area contributed by atoms with Crippen LogP contribution in [0.3, 0.4) is 0 Å². The van der Waals surface area contributed by atoms with Gasteiger partial charge < -0.3 is 15.3 Å². The summed E-state index contributed by atoms with van der Waals surface area (Å²) in [6.07, 6.45) is 2.21. The Balaban J connectivity index is 2.40. The van der Waals surface area contributed by atoms with E-state index in [2.05, 4.69) is 0 Å². The number of ether oxygens (including phenoxy) is 1. The van der Waals surface area contributed by atoms with Crippen molar-refractivity contribution in [1.82, 2.24) is 0 Å². The number of Topliss-reactive ketones (excluding diaryl/α,β-unsaturated/α-hetero) is 1. The molecule has 0 aliphatic heterocycles. The van der Waals surface area contributed by atoms with Gasteiger partial charge in [0.25, 0.3) is 0 Å². The summed E-state index contributed by atoms with van der Waals surface area (Å²) in [4.78, 5) is 10.8. The Morgan fingerprint density at radius 3 is 2.88 bits per heavy atom. The summed E-state index contributed by atoms with van der Waals surface area (Å²) in [5.74, 6) is 1.06. The van der Waals surface area contributed by atoms with Gasteiger partial charge in [0, 0.05) is 12.5 Å². The molecule has 2 N–H and O–H groups in total. The molecule has 3 heteroatoms. The van der Waals surface area contributed by atoms with E-state index in [0.717, 1.165) is 18.6 Å². The van der Waals surface area contributed by atoms with Gasteiger partial charge in [-0.2, -0.15) is 0 Å². The minimum atomic E-state index is 0.156. The molecule has 17 heavy (non-hydrogen) atoms. The van der Waals surface area contributed by atoms with Crippen LogP contribution < -0.4 is 10.5 Å². The normalized spacial score (nSPS) is 12.2. The molecule has 94 valence electrons. The average Bonchev–Trinajstić information content (AvgIpc) is 2.24. The van der Waals surface area contributed by atoms with Crippen molar-refractivity contribution in [2.45, 2.75) is 39.2 Å². The fraction of sp³-hybridized carbons (Fsp3) is 0.500. The Morgan fingerprint density at radius 2 is 2.24 bits per heavy atom. The van der Waals surface area contributed by atoms with Crippen molar-refractivity contribution in [2.75, 3.05) is 6.61 Å². The van der Waals surface area contributed by atoms with Gasteiger partial charge in [0.1, 0.15) is 11.5 Å². The molecule has 0 heterocycles. The highest BCUT2D eigenvalue weighted by Gasteiger charge is 2.00. The lowest BCUT2D eigenvalue weighted by atomic mass is 10.1. The van der Waals surface area contributed by atoms with Gasteiger partial charge in [0.2, 0.25) is 0 Å². The first kappa shape index (κ1) is 13.7. The van der Waals surface area contributed by atoms with Gasteiger partial charge in [-0.1, -0.05) is 12.1 Å². The molecule has 0 bridgehead atoms. The van der Waals surface area contributed by atoms with Crippen molar-refractivity contribution in [3.63, 3.8) is 0 Å². The predicted molar refractivity (Wildman–Crippen MR) is 69.2 cm³/mol. The summed E-state index contributed by atoms with van der Waals surface area (Å²) in [6.45, 7) is 4.17. The molecule has 0 saturated heterocycles. The molecule has 1 aromatic carbocycles. The first-order chi connectivity index (χ1) is 8.08. The minimum absolute atomic E-state index is 0.156. The Bertz CT molecular complexity index is 361. The average molecular weight is 235 g/mol. The summed E-state index contributed by atoms with van der Waals surface area (Å²) in [5, 5.41) is 0. The first-order valence-corrected chi connectivity index (χ1v) is 6.04. The fourth-order valence-corrected chi connectivity index (χ4v) is 1.65. The Hall–Kier alpha value is -1.35. The van der Waals surface area contributed by atoms with E-state index >= 15 is 0 Å². The Kier molecular flexibility index (Phi) is 5.70. The highest BCUT2D eigenvalue weighted by atomic mass is 16.5. The molecule has 0 aromatic heterocycles. The summed E-state index contributed by atoms with van der Waals surface area (Å²) in [5.41, 5.74) is 6.94. The topological polar surface area (TPSA) is 52.3 Å². The van der Waals surface area contributed by atoms with E-state index in [4.69, 9.17) is 10.5 Å². The number of carbonyl (C=O) groups excluding carboxylic acids is 1. The second-order valence-corrected chi connectivity index (χ2v) is 4.48. The van der Waals surface area contributed by atoms with Crippen LogP contribution in [0, 0.1) is 0 Å². The molecular weight excluding hydrogens is 214 g/mol. The number of hydrogen-bond acceptors (Lipinski definition) is 3. The summed E-state index contributed by atoms with van der Waals surface area (Å²) >= 11 is 0. The molecule has 1 atom stereocenters. The quantitative estimate of drug-likeness (QED) is 0.738. The second kappa shape index (κ2) is 7.07. The van der Waals surface area contributed by atoms with Crippen LogP contribution >= 0.6 is 0 Å². The van der Waals surface area contributed by atoms with E-state index < -0.39 is 0 Å². The smallest absolute Gasteiger partial charge is 0.129 e. The minimum Gasteiger partial charge on any atom is -0.494 e. The molecule has 1 aromatic rings. The molecule has 0 radical (unpaired) electrons. The Morgan fingerprint density at radius 1 is 1.47 bits per heavy atom. The molecule has 0 saturated carbocycles. The van der Waals surface area contributed by atoms with Gasteiger partial charge in [-0.15, -0.1) is 0 Å².